The molecule has 1 heterocycles. The Morgan fingerprint density at radius 3 is 2.67 bits per heavy atom. The van der Waals surface area contributed by atoms with Crippen LogP contribution in [-0.4, -0.2) is 46.2 Å². The van der Waals surface area contributed by atoms with Gasteiger partial charge < -0.3 is 9.47 Å². The molecule has 0 radical (unpaired) electrons. The Labute approximate surface area is 161 Å². The van der Waals surface area contributed by atoms with E-state index in [0.29, 0.717) is 5.92 Å². The van der Waals surface area contributed by atoms with Gasteiger partial charge in [-0.2, -0.15) is 0 Å². The largest absolute Gasteiger partial charge is 0.327 e. The molecule has 0 spiro atoms. The smallest absolute Gasteiger partial charge is 0.267 e. The molecule has 2 N–H and O–H groups in total. The highest BCUT2D eigenvalue weighted by molar-refractivity contribution is 5.91. The summed E-state index contributed by atoms with van der Waals surface area (Å²) >= 11 is 0. The zero-order chi connectivity index (χ0) is 20.2. The minimum Gasteiger partial charge on any atom is -0.327 e. The first-order valence-corrected chi connectivity index (χ1v) is 9.37. The molecule has 0 bridgehead atoms. The quantitative estimate of drug-likeness (QED) is 0.424. The van der Waals surface area contributed by atoms with Gasteiger partial charge in [-0.15, -0.1) is 0 Å². The number of carbonyl (C=O) groups excluding carboxylic acids is 1. The maximum atomic E-state index is 11.2. The molecule has 0 aliphatic rings. The first kappa shape index (κ1) is 21.1. The standard InChI is InChI=1S/C21H32N4O2/c1-15(2)11-19-22-17-12-16(8-10-20(26)23-27)7-9-18(17)25(19)14-21(3,4)13-24(5)6/h7-10,12,15,27H,11,13-14H2,1-6H3,(H,23,26)/b10-8+. The molecule has 2 rings (SSSR count). The zero-order valence-corrected chi connectivity index (χ0v) is 17.3. The average molecular weight is 373 g/mol. The van der Waals surface area contributed by atoms with E-state index < -0.39 is 5.91 Å². The number of aromatic nitrogens is 2. The lowest BCUT2D eigenvalue weighted by atomic mass is 9.92. The summed E-state index contributed by atoms with van der Waals surface area (Å²) in [5.41, 5.74) is 4.63. The van der Waals surface area contributed by atoms with E-state index in [0.717, 1.165) is 41.9 Å². The molecule has 0 saturated heterocycles. The fraction of sp³-hybridized carbons (Fsp3) is 0.524. The Morgan fingerprint density at radius 2 is 2.07 bits per heavy atom. The normalized spacial score (nSPS) is 12.6. The molecule has 0 fully saturated rings. The maximum absolute atomic E-state index is 11.2. The Morgan fingerprint density at radius 1 is 1.37 bits per heavy atom. The lowest BCUT2D eigenvalue weighted by Crippen LogP contribution is -2.33. The molecule has 0 aliphatic carbocycles. The maximum Gasteiger partial charge on any atom is 0.267 e. The second-order valence-corrected chi connectivity index (χ2v) is 8.67. The molecule has 2 aromatic rings. The van der Waals surface area contributed by atoms with Crippen LogP contribution in [0.5, 0.6) is 0 Å². The van der Waals surface area contributed by atoms with Gasteiger partial charge in [-0.3, -0.25) is 10.0 Å². The van der Waals surface area contributed by atoms with Crippen LogP contribution in [0.1, 0.15) is 39.1 Å². The van der Waals surface area contributed by atoms with Crippen LogP contribution in [-0.2, 0) is 17.8 Å². The van der Waals surface area contributed by atoms with Crippen molar-refractivity contribution in [2.45, 2.75) is 40.7 Å². The molecule has 27 heavy (non-hydrogen) atoms. The fourth-order valence-electron chi connectivity index (χ4n) is 3.54. The van der Waals surface area contributed by atoms with Crippen LogP contribution in [0.2, 0.25) is 0 Å². The van der Waals surface area contributed by atoms with Gasteiger partial charge >= 0.3 is 0 Å². The van der Waals surface area contributed by atoms with E-state index in [1.807, 2.05) is 12.1 Å². The monoisotopic (exact) mass is 372 g/mol. The van der Waals surface area contributed by atoms with Gasteiger partial charge in [0, 0.05) is 25.6 Å². The molecular weight excluding hydrogens is 340 g/mol. The number of amides is 1. The summed E-state index contributed by atoms with van der Waals surface area (Å²) in [5, 5.41) is 8.61. The van der Waals surface area contributed by atoms with E-state index >= 15 is 0 Å². The Bertz CT molecular complexity index is 819. The zero-order valence-electron chi connectivity index (χ0n) is 17.3. The lowest BCUT2D eigenvalue weighted by Gasteiger charge is -2.29. The number of nitrogens with one attached hydrogen (secondary N) is 1. The Kier molecular flexibility index (Phi) is 6.78. The molecule has 0 unspecified atom stereocenters. The van der Waals surface area contributed by atoms with E-state index in [1.165, 1.54) is 6.08 Å². The van der Waals surface area contributed by atoms with Gasteiger partial charge in [0.25, 0.3) is 5.91 Å². The van der Waals surface area contributed by atoms with Crippen molar-refractivity contribution in [3.63, 3.8) is 0 Å². The second-order valence-electron chi connectivity index (χ2n) is 8.67. The lowest BCUT2D eigenvalue weighted by molar-refractivity contribution is -0.124. The highest BCUT2D eigenvalue weighted by atomic mass is 16.5. The highest BCUT2D eigenvalue weighted by Gasteiger charge is 2.23. The van der Waals surface area contributed by atoms with Crippen molar-refractivity contribution in [1.29, 1.82) is 0 Å². The van der Waals surface area contributed by atoms with Crippen LogP contribution < -0.4 is 5.48 Å². The molecule has 0 saturated carbocycles. The summed E-state index contributed by atoms with van der Waals surface area (Å²) in [6.07, 6.45) is 3.89. The molecule has 1 aromatic carbocycles. The first-order valence-electron chi connectivity index (χ1n) is 9.37. The summed E-state index contributed by atoms with van der Waals surface area (Å²) in [7, 11) is 4.20. The third-order valence-corrected chi connectivity index (χ3v) is 4.31. The van der Waals surface area contributed by atoms with Crippen molar-refractivity contribution < 1.29 is 10.0 Å². The van der Waals surface area contributed by atoms with Gasteiger partial charge in [0.2, 0.25) is 0 Å². The summed E-state index contributed by atoms with van der Waals surface area (Å²) in [4.78, 5) is 18.3. The van der Waals surface area contributed by atoms with Gasteiger partial charge in [0.15, 0.2) is 0 Å². The van der Waals surface area contributed by atoms with E-state index in [1.54, 1.807) is 11.6 Å². The number of imidazole rings is 1. The summed E-state index contributed by atoms with van der Waals surface area (Å²) in [6.45, 7) is 10.9. The average Bonchev–Trinajstić information content (AvgIpc) is 2.86. The number of hydrogen-bond donors (Lipinski definition) is 2. The van der Waals surface area contributed by atoms with Crippen LogP contribution in [0.25, 0.3) is 17.1 Å². The van der Waals surface area contributed by atoms with Crippen LogP contribution >= 0.6 is 0 Å². The third kappa shape index (κ3) is 5.91. The van der Waals surface area contributed by atoms with Crippen molar-refractivity contribution in [3.8, 4) is 0 Å². The molecule has 6 heteroatoms. The minimum atomic E-state index is -0.549. The van der Waals surface area contributed by atoms with E-state index in [2.05, 4.69) is 57.3 Å². The van der Waals surface area contributed by atoms with Gasteiger partial charge in [-0.05, 0) is 49.2 Å². The third-order valence-electron chi connectivity index (χ3n) is 4.31. The van der Waals surface area contributed by atoms with Crippen molar-refractivity contribution in [1.82, 2.24) is 19.9 Å². The number of nitrogens with zero attached hydrogens (tertiary/aromatic N) is 3. The molecule has 1 aromatic heterocycles. The second kappa shape index (κ2) is 8.67. The summed E-state index contributed by atoms with van der Waals surface area (Å²) < 4.78 is 2.34. The SMILES string of the molecule is CC(C)Cc1nc2cc(/C=C/C(=O)NO)ccc2n1CC(C)(C)CN(C)C. The number of hydrogen-bond acceptors (Lipinski definition) is 4. The highest BCUT2D eigenvalue weighted by Crippen LogP contribution is 2.26. The number of benzene rings is 1. The van der Waals surface area contributed by atoms with Crippen LogP contribution in [0.4, 0.5) is 0 Å². The van der Waals surface area contributed by atoms with E-state index in [9.17, 15) is 4.79 Å². The van der Waals surface area contributed by atoms with Gasteiger partial charge in [-0.25, -0.2) is 10.5 Å². The van der Waals surface area contributed by atoms with Crippen LogP contribution in [0, 0.1) is 11.3 Å². The molecular formula is C21H32N4O2. The predicted molar refractivity (Wildman–Crippen MR) is 110 cm³/mol. The van der Waals surface area contributed by atoms with Gasteiger partial charge in [0.1, 0.15) is 5.82 Å². The predicted octanol–water partition coefficient (Wildman–Crippen LogP) is 3.34. The van der Waals surface area contributed by atoms with Gasteiger partial charge in [0.05, 0.1) is 11.0 Å². The van der Waals surface area contributed by atoms with Crippen LogP contribution in [0.15, 0.2) is 24.3 Å². The Balaban J connectivity index is 2.44. The van der Waals surface area contributed by atoms with E-state index in [4.69, 9.17) is 10.2 Å². The topological polar surface area (TPSA) is 70.4 Å². The molecule has 1 amide bonds. The van der Waals surface area contributed by atoms with Crippen LogP contribution in [0.3, 0.4) is 0 Å². The molecule has 6 nitrogen and oxygen atoms in total. The van der Waals surface area contributed by atoms with Gasteiger partial charge in [-0.1, -0.05) is 33.8 Å². The fourth-order valence-corrected chi connectivity index (χ4v) is 3.54. The summed E-state index contributed by atoms with van der Waals surface area (Å²) in [6, 6.07) is 6.02. The number of rotatable bonds is 8. The first-order chi connectivity index (χ1) is 12.6. The molecule has 0 atom stereocenters. The van der Waals surface area contributed by atoms with Crippen molar-refractivity contribution in [2.75, 3.05) is 20.6 Å². The molecule has 0 aliphatic heterocycles. The van der Waals surface area contributed by atoms with E-state index in [-0.39, 0.29) is 5.41 Å². The van der Waals surface area contributed by atoms with Crippen molar-refractivity contribution in [2.24, 2.45) is 11.3 Å². The molecule has 148 valence electrons. The number of fused-ring (bicyclic) bond motifs is 1. The van der Waals surface area contributed by atoms with Crippen molar-refractivity contribution >= 4 is 23.0 Å². The number of carbonyl (C=O) groups is 1. The minimum absolute atomic E-state index is 0.112. The summed E-state index contributed by atoms with van der Waals surface area (Å²) in [5.74, 6) is 1.07. The number of hydroxylamine groups is 1. The van der Waals surface area contributed by atoms with Crippen molar-refractivity contribution in [3.05, 3.63) is 35.7 Å². The Hall–Kier alpha value is -2.18.